The van der Waals surface area contributed by atoms with Crippen LogP contribution in [-0.4, -0.2) is 47.7 Å². The van der Waals surface area contributed by atoms with Crippen molar-refractivity contribution in [1.29, 1.82) is 0 Å². The first-order valence-electron chi connectivity index (χ1n) is 9.07. The van der Waals surface area contributed by atoms with Crippen LogP contribution < -0.4 is 5.32 Å². The maximum absolute atomic E-state index is 13.0. The first-order valence-corrected chi connectivity index (χ1v) is 9.83. The molecule has 0 aromatic heterocycles. The summed E-state index contributed by atoms with van der Waals surface area (Å²) in [7, 11) is 1.68. The van der Waals surface area contributed by atoms with Crippen molar-refractivity contribution >= 4 is 41.5 Å². The van der Waals surface area contributed by atoms with Gasteiger partial charge < -0.3 is 10.4 Å². The Morgan fingerprint density at radius 3 is 2.50 bits per heavy atom. The van der Waals surface area contributed by atoms with Crippen molar-refractivity contribution in [3.63, 3.8) is 0 Å². The van der Waals surface area contributed by atoms with Gasteiger partial charge in [0.05, 0.1) is 22.1 Å². The highest BCUT2D eigenvalue weighted by Gasteiger charge is 2.50. The molecule has 2 aliphatic rings. The third-order valence-corrected chi connectivity index (χ3v) is 6.57. The minimum absolute atomic E-state index is 0. The minimum Gasteiger partial charge on any atom is -0.392 e. The van der Waals surface area contributed by atoms with Crippen LogP contribution >= 0.6 is 35.6 Å². The Kier molecular flexibility index (Phi) is 7.63. The van der Waals surface area contributed by atoms with E-state index in [1.54, 1.807) is 13.1 Å². The smallest absolute Gasteiger partial charge is 0.229 e. The van der Waals surface area contributed by atoms with Gasteiger partial charge in [0, 0.05) is 25.7 Å². The fourth-order valence-corrected chi connectivity index (χ4v) is 4.95. The predicted octanol–water partition coefficient (Wildman–Crippen LogP) is 4.01. The Morgan fingerprint density at radius 1 is 1.27 bits per heavy atom. The van der Waals surface area contributed by atoms with E-state index in [1.165, 1.54) is 6.42 Å². The lowest BCUT2D eigenvalue weighted by Crippen LogP contribution is -2.57. The third-order valence-electron chi connectivity index (χ3n) is 5.84. The number of halogens is 3. The molecule has 1 saturated heterocycles. The number of benzene rings is 1. The minimum atomic E-state index is -0.321. The van der Waals surface area contributed by atoms with Gasteiger partial charge in [-0.15, -0.1) is 12.4 Å². The number of hydrogen-bond donors (Lipinski definition) is 2. The van der Waals surface area contributed by atoms with Gasteiger partial charge in [-0.1, -0.05) is 48.5 Å². The summed E-state index contributed by atoms with van der Waals surface area (Å²) < 4.78 is 0. The van der Waals surface area contributed by atoms with Crippen LogP contribution in [0, 0.1) is 0 Å². The quantitative estimate of drug-likeness (QED) is 0.772. The van der Waals surface area contributed by atoms with Crippen LogP contribution in [0.2, 0.25) is 10.0 Å². The molecule has 0 radical (unpaired) electrons. The Hall–Kier alpha value is -0.520. The molecule has 1 saturated carbocycles. The van der Waals surface area contributed by atoms with Gasteiger partial charge in [0.1, 0.15) is 0 Å². The molecule has 1 aromatic carbocycles. The van der Waals surface area contributed by atoms with Crippen molar-refractivity contribution in [1.82, 2.24) is 10.2 Å². The van der Waals surface area contributed by atoms with Gasteiger partial charge in [0.15, 0.2) is 0 Å². The number of hydrogen-bond acceptors (Lipinski definition) is 3. The van der Waals surface area contributed by atoms with Crippen molar-refractivity contribution < 1.29 is 9.90 Å². The molecule has 2 atom stereocenters. The number of likely N-dealkylation sites (N-methyl/N-ethyl adjacent to an activating group) is 1. The van der Waals surface area contributed by atoms with E-state index in [4.69, 9.17) is 23.2 Å². The zero-order valence-corrected chi connectivity index (χ0v) is 17.3. The van der Waals surface area contributed by atoms with Crippen molar-refractivity contribution in [3.8, 4) is 0 Å². The van der Waals surface area contributed by atoms with E-state index in [0.29, 0.717) is 16.6 Å². The third kappa shape index (κ3) is 4.15. The normalized spacial score (nSPS) is 23.9. The van der Waals surface area contributed by atoms with E-state index in [-0.39, 0.29) is 35.9 Å². The van der Waals surface area contributed by atoms with Gasteiger partial charge >= 0.3 is 0 Å². The van der Waals surface area contributed by atoms with Crippen LogP contribution in [0.25, 0.3) is 0 Å². The molecular weight excluding hydrogens is 395 g/mol. The zero-order valence-electron chi connectivity index (χ0n) is 15.0. The summed E-state index contributed by atoms with van der Waals surface area (Å²) in [6, 6.07) is 5.51. The van der Waals surface area contributed by atoms with Gasteiger partial charge in [-0.3, -0.25) is 9.69 Å². The molecule has 1 aliphatic carbocycles. The van der Waals surface area contributed by atoms with E-state index < -0.39 is 0 Å². The molecule has 2 unspecified atom stereocenters. The maximum atomic E-state index is 13.0. The number of carbonyl (C=O) groups excluding carboxylic acids is 1. The number of β-amino-alcohol motifs (C(OH)–C–C–N with tert-alkyl or cyclic N) is 1. The number of nitrogens with zero attached hydrogens (tertiary/aromatic N) is 1. The Morgan fingerprint density at radius 2 is 1.96 bits per heavy atom. The Bertz CT molecular complexity index is 635. The number of aliphatic hydroxyl groups excluding tert-OH is 1. The summed E-state index contributed by atoms with van der Waals surface area (Å²) in [4.78, 5) is 15.3. The molecule has 1 aromatic rings. The molecule has 1 amide bonds. The van der Waals surface area contributed by atoms with E-state index in [1.807, 2.05) is 12.1 Å². The Labute approximate surface area is 171 Å². The summed E-state index contributed by atoms with van der Waals surface area (Å²) in [5, 5.41) is 13.9. The van der Waals surface area contributed by atoms with Crippen LogP contribution in [0.3, 0.4) is 0 Å². The molecule has 2 N–H and O–H groups in total. The maximum Gasteiger partial charge on any atom is 0.229 e. The van der Waals surface area contributed by atoms with Crippen molar-refractivity contribution in [2.24, 2.45) is 0 Å². The number of aliphatic hydroxyl groups is 1. The molecule has 146 valence electrons. The molecule has 3 rings (SSSR count). The second-order valence-corrected chi connectivity index (χ2v) is 8.09. The summed E-state index contributed by atoms with van der Waals surface area (Å²) in [5.74, 6) is -0.320. The van der Waals surface area contributed by atoms with Crippen LogP contribution in [-0.2, 0) is 4.79 Å². The van der Waals surface area contributed by atoms with Gasteiger partial charge in [-0.2, -0.15) is 0 Å². The number of likely N-dealkylation sites (tertiary alicyclic amines) is 1. The standard InChI is InChI=1S/C19H26Cl2N2O2.ClH/c1-22-18(25)17(13-5-6-15(20)16(21)11-13)19(8-3-2-4-9-19)23-10-7-14(24)12-23;/h5-6,11,14,17,24H,2-4,7-10,12H2,1H3,(H,22,25);1H. The van der Waals surface area contributed by atoms with Crippen LogP contribution in [0.1, 0.15) is 50.0 Å². The second kappa shape index (κ2) is 9.11. The summed E-state index contributed by atoms with van der Waals surface area (Å²) >= 11 is 12.3. The summed E-state index contributed by atoms with van der Waals surface area (Å²) in [6.45, 7) is 1.46. The molecular formula is C19H27Cl3N2O2. The molecule has 7 heteroatoms. The van der Waals surface area contributed by atoms with E-state index in [0.717, 1.165) is 44.2 Å². The highest BCUT2D eigenvalue weighted by Crippen LogP contribution is 2.46. The lowest BCUT2D eigenvalue weighted by atomic mass is 9.68. The topological polar surface area (TPSA) is 52.6 Å². The second-order valence-electron chi connectivity index (χ2n) is 7.27. The molecule has 1 heterocycles. The number of nitrogens with one attached hydrogen (secondary N) is 1. The van der Waals surface area contributed by atoms with Gasteiger partial charge in [0.2, 0.25) is 5.91 Å². The number of amides is 1. The number of rotatable bonds is 4. The van der Waals surface area contributed by atoms with Crippen LogP contribution in [0.5, 0.6) is 0 Å². The van der Waals surface area contributed by atoms with Crippen molar-refractivity contribution in [2.45, 2.75) is 56.1 Å². The zero-order chi connectivity index (χ0) is 18.0. The van der Waals surface area contributed by atoms with Crippen LogP contribution in [0.15, 0.2) is 18.2 Å². The molecule has 1 aliphatic heterocycles. The van der Waals surface area contributed by atoms with E-state index in [2.05, 4.69) is 10.2 Å². The monoisotopic (exact) mass is 420 g/mol. The molecule has 26 heavy (non-hydrogen) atoms. The summed E-state index contributed by atoms with van der Waals surface area (Å²) in [6.07, 6.45) is 5.76. The lowest BCUT2D eigenvalue weighted by molar-refractivity contribution is -0.127. The average Bonchev–Trinajstić information content (AvgIpc) is 3.06. The molecule has 0 spiro atoms. The first kappa shape index (κ1) is 21.8. The van der Waals surface area contributed by atoms with Crippen molar-refractivity contribution in [3.05, 3.63) is 33.8 Å². The SMILES string of the molecule is CNC(=O)C(c1ccc(Cl)c(Cl)c1)C1(N2CCC(O)C2)CCCCC1.Cl. The van der Waals surface area contributed by atoms with E-state index >= 15 is 0 Å². The lowest BCUT2D eigenvalue weighted by Gasteiger charge is -2.49. The largest absolute Gasteiger partial charge is 0.392 e. The van der Waals surface area contributed by atoms with E-state index in [9.17, 15) is 9.90 Å². The van der Waals surface area contributed by atoms with Gasteiger partial charge in [0.25, 0.3) is 0 Å². The highest BCUT2D eigenvalue weighted by molar-refractivity contribution is 6.42. The summed E-state index contributed by atoms with van der Waals surface area (Å²) in [5.41, 5.74) is 0.629. The van der Waals surface area contributed by atoms with Gasteiger partial charge in [-0.05, 0) is 37.0 Å². The Balaban J connectivity index is 0.00000243. The fourth-order valence-electron chi connectivity index (χ4n) is 4.64. The van der Waals surface area contributed by atoms with Crippen LogP contribution in [0.4, 0.5) is 0 Å². The number of carbonyl (C=O) groups is 1. The predicted molar refractivity (Wildman–Crippen MR) is 109 cm³/mol. The molecule has 4 nitrogen and oxygen atoms in total. The first-order chi connectivity index (χ1) is 12.0. The average molecular weight is 422 g/mol. The molecule has 2 fully saturated rings. The molecule has 0 bridgehead atoms. The van der Waals surface area contributed by atoms with Crippen molar-refractivity contribution in [2.75, 3.05) is 20.1 Å². The fraction of sp³-hybridized carbons (Fsp3) is 0.632. The van der Waals surface area contributed by atoms with Gasteiger partial charge in [-0.25, -0.2) is 0 Å². The highest BCUT2D eigenvalue weighted by atomic mass is 35.5.